The van der Waals surface area contributed by atoms with Crippen LogP contribution < -0.4 is 0 Å². The summed E-state index contributed by atoms with van der Waals surface area (Å²) < 4.78 is 5.53. The number of esters is 1. The van der Waals surface area contributed by atoms with Crippen molar-refractivity contribution in [3.05, 3.63) is 29.8 Å². The number of carbonyl (C=O) groups excluding carboxylic acids is 1. The van der Waals surface area contributed by atoms with Crippen LogP contribution in [0.5, 0.6) is 5.75 Å². The van der Waals surface area contributed by atoms with Gasteiger partial charge >= 0.3 is 5.97 Å². The van der Waals surface area contributed by atoms with Crippen LogP contribution in [0.4, 0.5) is 0 Å². The fourth-order valence-corrected chi connectivity index (χ4v) is 2.57. The number of phenols is 1. The molecule has 0 radical (unpaired) electrons. The van der Waals surface area contributed by atoms with E-state index < -0.39 is 0 Å². The van der Waals surface area contributed by atoms with E-state index in [1.54, 1.807) is 12.1 Å². The molecule has 1 aromatic rings. The van der Waals surface area contributed by atoms with Crippen molar-refractivity contribution in [2.45, 2.75) is 60.8 Å². The molecule has 0 spiro atoms. The molecule has 0 fully saturated rings. The van der Waals surface area contributed by atoms with Gasteiger partial charge in [0, 0.05) is 0 Å². The Kier molecular flexibility index (Phi) is 6.67. The lowest BCUT2D eigenvalue weighted by Gasteiger charge is -2.33. The second kappa shape index (κ2) is 7.85. The number of carbonyl (C=O) groups is 1. The number of hydrogen-bond donors (Lipinski definition) is 1. The van der Waals surface area contributed by atoms with Gasteiger partial charge in [-0.05, 0) is 47.8 Å². The SMILES string of the molecule is CC(C)(C)CC(C(=O)OCCCc1ccc(O)cc1)C(C)(C)C. The van der Waals surface area contributed by atoms with Crippen molar-refractivity contribution >= 4 is 5.97 Å². The molecule has 0 aliphatic rings. The third-order valence-corrected chi connectivity index (χ3v) is 3.94. The molecule has 0 heterocycles. The first-order valence-corrected chi connectivity index (χ1v) is 8.43. The summed E-state index contributed by atoms with van der Waals surface area (Å²) in [5.74, 6) is 0.102. The van der Waals surface area contributed by atoms with Crippen LogP contribution in [0.1, 0.15) is 59.9 Å². The van der Waals surface area contributed by atoms with Gasteiger partial charge in [0.25, 0.3) is 0 Å². The number of hydrogen-bond acceptors (Lipinski definition) is 3. The highest BCUT2D eigenvalue weighted by Gasteiger charge is 2.35. The van der Waals surface area contributed by atoms with E-state index in [0.717, 1.165) is 24.8 Å². The highest BCUT2D eigenvalue weighted by atomic mass is 16.5. The molecular formula is C20H32O3. The average molecular weight is 320 g/mol. The molecule has 130 valence electrons. The molecule has 1 rings (SSSR count). The summed E-state index contributed by atoms with van der Waals surface area (Å²) in [4.78, 5) is 12.5. The van der Waals surface area contributed by atoms with Crippen molar-refractivity contribution in [3.63, 3.8) is 0 Å². The molecule has 0 saturated heterocycles. The lowest BCUT2D eigenvalue weighted by molar-refractivity contribution is -0.154. The van der Waals surface area contributed by atoms with Crippen LogP contribution in [0.25, 0.3) is 0 Å². The number of ether oxygens (including phenoxy) is 1. The van der Waals surface area contributed by atoms with E-state index in [-0.39, 0.29) is 28.5 Å². The van der Waals surface area contributed by atoms with E-state index in [9.17, 15) is 9.90 Å². The predicted molar refractivity (Wildman–Crippen MR) is 94.4 cm³/mol. The lowest BCUT2D eigenvalue weighted by atomic mass is 9.72. The van der Waals surface area contributed by atoms with Crippen molar-refractivity contribution in [2.24, 2.45) is 16.7 Å². The van der Waals surface area contributed by atoms with Gasteiger partial charge < -0.3 is 9.84 Å². The van der Waals surface area contributed by atoms with Crippen molar-refractivity contribution < 1.29 is 14.6 Å². The Bertz CT molecular complexity index is 489. The Labute approximate surface area is 141 Å². The van der Waals surface area contributed by atoms with Gasteiger partial charge in [0.15, 0.2) is 0 Å². The van der Waals surface area contributed by atoms with Crippen molar-refractivity contribution in [3.8, 4) is 5.75 Å². The Morgan fingerprint density at radius 2 is 1.65 bits per heavy atom. The summed E-state index contributed by atoms with van der Waals surface area (Å²) in [7, 11) is 0. The van der Waals surface area contributed by atoms with E-state index in [0.29, 0.717) is 6.61 Å². The van der Waals surface area contributed by atoms with Crippen LogP contribution in [0.15, 0.2) is 24.3 Å². The zero-order chi connectivity index (χ0) is 17.7. The topological polar surface area (TPSA) is 46.5 Å². The fraction of sp³-hybridized carbons (Fsp3) is 0.650. The van der Waals surface area contributed by atoms with Gasteiger partial charge in [0.1, 0.15) is 5.75 Å². The fourth-order valence-electron chi connectivity index (χ4n) is 2.57. The van der Waals surface area contributed by atoms with E-state index in [1.807, 2.05) is 12.1 Å². The molecule has 1 N–H and O–H groups in total. The molecule has 1 aromatic carbocycles. The third kappa shape index (κ3) is 7.54. The zero-order valence-electron chi connectivity index (χ0n) is 15.5. The monoisotopic (exact) mass is 320 g/mol. The molecule has 0 amide bonds. The molecule has 3 nitrogen and oxygen atoms in total. The summed E-state index contributed by atoms with van der Waals surface area (Å²) in [6.07, 6.45) is 2.46. The minimum Gasteiger partial charge on any atom is -0.508 e. The number of phenolic OH excluding ortho intramolecular Hbond substituents is 1. The van der Waals surface area contributed by atoms with E-state index in [1.165, 1.54) is 0 Å². The zero-order valence-corrected chi connectivity index (χ0v) is 15.5. The van der Waals surface area contributed by atoms with Crippen LogP contribution in [-0.4, -0.2) is 17.7 Å². The molecule has 1 unspecified atom stereocenters. The van der Waals surface area contributed by atoms with Crippen LogP contribution in [0.2, 0.25) is 0 Å². The number of aryl methyl sites for hydroxylation is 1. The molecule has 0 bridgehead atoms. The van der Waals surface area contributed by atoms with Gasteiger partial charge in [-0.15, -0.1) is 0 Å². The van der Waals surface area contributed by atoms with E-state index >= 15 is 0 Å². The number of benzene rings is 1. The van der Waals surface area contributed by atoms with Gasteiger partial charge in [0.05, 0.1) is 12.5 Å². The molecule has 0 aromatic heterocycles. The molecular weight excluding hydrogens is 288 g/mol. The molecule has 1 atom stereocenters. The standard InChI is InChI=1S/C20H32O3/c1-19(2,3)14-17(20(4,5)6)18(22)23-13-7-8-15-9-11-16(21)12-10-15/h9-12,17,21H,7-8,13-14H2,1-6H3. The van der Waals surface area contributed by atoms with Gasteiger partial charge in [-0.2, -0.15) is 0 Å². The maximum absolute atomic E-state index is 12.5. The Hall–Kier alpha value is -1.51. The van der Waals surface area contributed by atoms with Gasteiger partial charge in [-0.25, -0.2) is 0 Å². The first-order valence-electron chi connectivity index (χ1n) is 8.43. The minimum atomic E-state index is -0.0959. The number of aromatic hydroxyl groups is 1. The van der Waals surface area contributed by atoms with E-state index in [4.69, 9.17) is 4.74 Å². The highest BCUT2D eigenvalue weighted by Crippen LogP contribution is 2.36. The van der Waals surface area contributed by atoms with Crippen molar-refractivity contribution in [2.75, 3.05) is 6.61 Å². The van der Waals surface area contributed by atoms with Gasteiger partial charge in [-0.3, -0.25) is 4.79 Å². The Morgan fingerprint density at radius 1 is 1.09 bits per heavy atom. The van der Waals surface area contributed by atoms with Crippen LogP contribution in [0, 0.1) is 16.7 Å². The van der Waals surface area contributed by atoms with Gasteiger partial charge in [0.2, 0.25) is 0 Å². The molecule has 3 heteroatoms. The normalized spacial score (nSPS) is 13.7. The van der Waals surface area contributed by atoms with Crippen molar-refractivity contribution in [1.29, 1.82) is 0 Å². The molecule has 0 saturated carbocycles. The first kappa shape index (κ1) is 19.5. The molecule has 0 aliphatic carbocycles. The quantitative estimate of drug-likeness (QED) is 0.595. The highest BCUT2D eigenvalue weighted by molar-refractivity contribution is 5.73. The third-order valence-electron chi connectivity index (χ3n) is 3.94. The van der Waals surface area contributed by atoms with E-state index in [2.05, 4.69) is 41.5 Å². The summed E-state index contributed by atoms with van der Waals surface area (Å²) in [6, 6.07) is 7.16. The summed E-state index contributed by atoms with van der Waals surface area (Å²) in [5, 5.41) is 9.26. The average Bonchev–Trinajstić information content (AvgIpc) is 2.40. The summed E-state index contributed by atoms with van der Waals surface area (Å²) in [6.45, 7) is 13.2. The van der Waals surface area contributed by atoms with Crippen LogP contribution >= 0.6 is 0 Å². The lowest BCUT2D eigenvalue weighted by Crippen LogP contribution is -2.33. The largest absolute Gasteiger partial charge is 0.508 e. The smallest absolute Gasteiger partial charge is 0.309 e. The van der Waals surface area contributed by atoms with Gasteiger partial charge in [-0.1, -0.05) is 53.7 Å². The maximum atomic E-state index is 12.5. The Morgan fingerprint density at radius 3 is 2.13 bits per heavy atom. The second-order valence-corrected chi connectivity index (χ2v) is 8.62. The van der Waals surface area contributed by atoms with Crippen LogP contribution in [-0.2, 0) is 16.0 Å². The molecule has 0 aliphatic heterocycles. The summed E-state index contributed by atoms with van der Waals surface area (Å²) in [5.41, 5.74) is 1.14. The Balaban J connectivity index is 2.47. The van der Waals surface area contributed by atoms with Crippen molar-refractivity contribution in [1.82, 2.24) is 0 Å². The minimum absolute atomic E-state index is 0.0851. The number of rotatable bonds is 6. The first-order chi connectivity index (χ1) is 10.5. The summed E-state index contributed by atoms with van der Waals surface area (Å²) >= 11 is 0. The molecule has 23 heavy (non-hydrogen) atoms. The second-order valence-electron chi connectivity index (χ2n) is 8.62. The predicted octanol–water partition coefficient (Wildman–Crippen LogP) is 4.97. The van der Waals surface area contributed by atoms with Crippen LogP contribution in [0.3, 0.4) is 0 Å². The maximum Gasteiger partial charge on any atom is 0.309 e.